The third-order valence-corrected chi connectivity index (χ3v) is 4.20. The van der Waals surface area contributed by atoms with Gasteiger partial charge in [-0.25, -0.2) is 0 Å². The van der Waals surface area contributed by atoms with Crippen LogP contribution in [-0.4, -0.2) is 42.0 Å². The molecular weight excluding hydrogens is 285 g/mol. The van der Waals surface area contributed by atoms with Gasteiger partial charge in [-0.05, 0) is 31.7 Å². The molecule has 0 aromatic carbocycles. The molecule has 3 atom stereocenters. The van der Waals surface area contributed by atoms with Gasteiger partial charge in [0.1, 0.15) is 0 Å². The van der Waals surface area contributed by atoms with Crippen molar-refractivity contribution in [1.29, 1.82) is 0 Å². The van der Waals surface area contributed by atoms with Gasteiger partial charge in [0.25, 0.3) is 0 Å². The summed E-state index contributed by atoms with van der Waals surface area (Å²) < 4.78 is 0. The third kappa shape index (κ3) is 4.48. The molecule has 114 valence electrons. The minimum atomic E-state index is -0.368. The number of hydrogen-bond donors (Lipinski definition) is 2. The molecule has 0 aromatic heterocycles. The summed E-state index contributed by atoms with van der Waals surface area (Å²) >= 11 is 0. The number of nitrogens with one attached hydrogen (secondary N) is 1. The Bertz CT molecular complexity index is 289. The van der Waals surface area contributed by atoms with Crippen LogP contribution < -0.4 is 11.1 Å². The Morgan fingerprint density at radius 3 is 2.53 bits per heavy atom. The van der Waals surface area contributed by atoms with Gasteiger partial charge in [-0.15, -0.1) is 24.8 Å². The summed E-state index contributed by atoms with van der Waals surface area (Å²) in [5.74, 6) is 0.233. The van der Waals surface area contributed by atoms with E-state index in [9.17, 15) is 4.79 Å². The topological polar surface area (TPSA) is 58.4 Å². The molecule has 0 spiro atoms. The molecule has 6 heteroatoms. The number of rotatable bonds is 3. The van der Waals surface area contributed by atoms with Crippen LogP contribution in [0.1, 0.15) is 39.5 Å². The lowest BCUT2D eigenvalue weighted by Gasteiger charge is -2.33. The van der Waals surface area contributed by atoms with E-state index in [1.807, 2.05) is 13.8 Å². The predicted octanol–water partition coefficient (Wildman–Crippen LogP) is 1.56. The Labute approximate surface area is 128 Å². The second-order valence-corrected chi connectivity index (χ2v) is 5.77. The first kappa shape index (κ1) is 19.0. The number of piperidine rings is 1. The minimum Gasteiger partial charge on any atom is -0.350 e. The van der Waals surface area contributed by atoms with E-state index >= 15 is 0 Å². The first-order valence-corrected chi connectivity index (χ1v) is 6.89. The van der Waals surface area contributed by atoms with Gasteiger partial charge in [-0.2, -0.15) is 0 Å². The molecule has 4 nitrogen and oxygen atoms in total. The van der Waals surface area contributed by atoms with E-state index in [0.717, 1.165) is 13.0 Å². The van der Waals surface area contributed by atoms with Crippen molar-refractivity contribution in [1.82, 2.24) is 10.2 Å². The van der Waals surface area contributed by atoms with Crippen LogP contribution >= 0.6 is 24.8 Å². The second-order valence-electron chi connectivity index (χ2n) is 5.77. The standard InChI is InChI=1S/C13H25N3O.2ClH/c1-9(2)12(14)13(17)15-10-6-8-16-7-4-3-5-11(10)16;;/h9-12H,3-8,14H2,1-2H3,(H,15,17);2*1H/t10?,11?,12-;;/m1../s1. The van der Waals surface area contributed by atoms with E-state index in [-0.39, 0.29) is 42.7 Å². The smallest absolute Gasteiger partial charge is 0.237 e. The Balaban J connectivity index is 0.00000162. The quantitative estimate of drug-likeness (QED) is 0.831. The Morgan fingerprint density at radius 1 is 1.21 bits per heavy atom. The molecule has 1 amide bonds. The third-order valence-electron chi connectivity index (χ3n) is 4.20. The number of amides is 1. The van der Waals surface area contributed by atoms with Gasteiger partial charge >= 0.3 is 0 Å². The SMILES string of the molecule is CC(C)[C@@H](N)C(=O)NC1CCN2CCCCC12.Cl.Cl. The number of halogens is 2. The number of nitrogens with zero attached hydrogens (tertiary/aromatic N) is 1. The van der Waals surface area contributed by atoms with Crippen molar-refractivity contribution < 1.29 is 4.79 Å². The molecule has 2 aliphatic rings. The number of carbonyl (C=O) groups excluding carboxylic acids is 1. The zero-order valence-corrected chi connectivity index (χ0v) is 13.4. The summed E-state index contributed by atoms with van der Waals surface area (Å²) in [7, 11) is 0. The van der Waals surface area contributed by atoms with Gasteiger partial charge in [-0.1, -0.05) is 20.3 Å². The fourth-order valence-electron chi connectivity index (χ4n) is 3.00. The fourth-order valence-corrected chi connectivity index (χ4v) is 3.00. The highest BCUT2D eigenvalue weighted by Gasteiger charge is 2.36. The van der Waals surface area contributed by atoms with Gasteiger partial charge < -0.3 is 11.1 Å². The molecule has 2 heterocycles. The van der Waals surface area contributed by atoms with E-state index in [0.29, 0.717) is 12.1 Å². The molecule has 2 aliphatic heterocycles. The molecule has 3 N–H and O–H groups in total. The Kier molecular flexibility index (Phi) is 8.29. The highest BCUT2D eigenvalue weighted by Crippen LogP contribution is 2.27. The average Bonchev–Trinajstić information content (AvgIpc) is 2.71. The highest BCUT2D eigenvalue weighted by molar-refractivity contribution is 5.85. The molecule has 0 radical (unpaired) electrons. The molecule has 2 unspecified atom stereocenters. The molecule has 2 saturated heterocycles. The summed E-state index contributed by atoms with van der Waals surface area (Å²) in [6, 6.07) is 0.521. The zero-order chi connectivity index (χ0) is 12.4. The van der Waals surface area contributed by atoms with Crippen LogP contribution in [-0.2, 0) is 4.79 Å². The van der Waals surface area contributed by atoms with E-state index in [1.54, 1.807) is 0 Å². The Morgan fingerprint density at radius 2 is 1.89 bits per heavy atom. The van der Waals surface area contributed by atoms with Crippen LogP contribution in [0.3, 0.4) is 0 Å². The van der Waals surface area contributed by atoms with Crippen LogP contribution in [0.2, 0.25) is 0 Å². The van der Waals surface area contributed by atoms with Crippen molar-refractivity contribution in [2.45, 2.75) is 57.7 Å². The summed E-state index contributed by atoms with van der Waals surface area (Å²) in [4.78, 5) is 14.5. The summed E-state index contributed by atoms with van der Waals surface area (Å²) in [5.41, 5.74) is 5.88. The molecule has 0 saturated carbocycles. The first-order chi connectivity index (χ1) is 8.09. The van der Waals surface area contributed by atoms with Crippen LogP contribution in [0, 0.1) is 5.92 Å². The number of hydrogen-bond acceptors (Lipinski definition) is 3. The molecule has 19 heavy (non-hydrogen) atoms. The maximum Gasteiger partial charge on any atom is 0.237 e. The molecule has 0 aliphatic carbocycles. The second kappa shape index (κ2) is 8.30. The first-order valence-electron chi connectivity index (χ1n) is 6.89. The molecule has 0 aromatic rings. The lowest BCUT2D eigenvalue weighted by molar-refractivity contribution is -0.124. The molecule has 2 fully saturated rings. The number of fused-ring (bicyclic) bond motifs is 1. The summed E-state index contributed by atoms with van der Waals surface area (Å²) in [6.45, 7) is 6.32. The lowest BCUT2D eigenvalue weighted by atomic mass is 9.98. The van der Waals surface area contributed by atoms with E-state index in [2.05, 4.69) is 10.2 Å². The van der Waals surface area contributed by atoms with Crippen molar-refractivity contribution in [3.8, 4) is 0 Å². The maximum atomic E-state index is 12.0. The monoisotopic (exact) mass is 311 g/mol. The summed E-state index contributed by atoms with van der Waals surface area (Å²) in [5, 5.41) is 3.15. The minimum absolute atomic E-state index is 0. The zero-order valence-electron chi connectivity index (χ0n) is 11.8. The van der Waals surface area contributed by atoms with Crippen LogP contribution in [0.5, 0.6) is 0 Å². The normalized spacial score (nSPS) is 28.0. The van der Waals surface area contributed by atoms with Crippen molar-refractivity contribution in [3.63, 3.8) is 0 Å². The van der Waals surface area contributed by atoms with Gasteiger partial charge in [0, 0.05) is 18.6 Å². The fraction of sp³-hybridized carbons (Fsp3) is 0.923. The van der Waals surface area contributed by atoms with Gasteiger partial charge in [0.15, 0.2) is 0 Å². The van der Waals surface area contributed by atoms with Crippen molar-refractivity contribution in [2.75, 3.05) is 13.1 Å². The maximum absolute atomic E-state index is 12.0. The number of carbonyl (C=O) groups is 1. The molecule has 2 rings (SSSR count). The predicted molar refractivity (Wildman–Crippen MR) is 83.1 cm³/mol. The van der Waals surface area contributed by atoms with Crippen LogP contribution in [0.4, 0.5) is 0 Å². The molecule has 0 bridgehead atoms. The van der Waals surface area contributed by atoms with Gasteiger partial charge in [-0.3, -0.25) is 9.69 Å². The van der Waals surface area contributed by atoms with Gasteiger partial charge in [0.05, 0.1) is 6.04 Å². The van der Waals surface area contributed by atoms with Crippen molar-refractivity contribution in [2.24, 2.45) is 11.7 Å². The Hall–Kier alpha value is -0.0300. The van der Waals surface area contributed by atoms with Crippen molar-refractivity contribution >= 4 is 30.7 Å². The lowest BCUT2D eigenvalue weighted by Crippen LogP contribution is -2.52. The average molecular weight is 312 g/mol. The number of nitrogens with two attached hydrogens (primary N) is 1. The largest absolute Gasteiger partial charge is 0.350 e. The molecular formula is C13H27Cl2N3O. The van der Waals surface area contributed by atoms with Gasteiger partial charge in [0.2, 0.25) is 5.91 Å². The van der Waals surface area contributed by atoms with Crippen LogP contribution in [0.25, 0.3) is 0 Å². The van der Waals surface area contributed by atoms with E-state index in [1.165, 1.54) is 25.8 Å². The highest BCUT2D eigenvalue weighted by atomic mass is 35.5. The summed E-state index contributed by atoms with van der Waals surface area (Å²) in [6.07, 6.45) is 4.91. The van der Waals surface area contributed by atoms with Crippen molar-refractivity contribution in [3.05, 3.63) is 0 Å². The van der Waals surface area contributed by atoms with E-state index < -0.39 is 0 Å². The van der Waals surface area contributed by atoms with Crippen LogP contribution in [0.15, 0.2) is 0 Å². The van der Waals surface area contributed by atoms with E-state index in [4.69, 9.17) is 5.73 Å².